The van der Waals surface area contributed by atoms with Gasteiger partial charge in [-0.1, -0.05) is 18.2 Å². The number of benzene rings is 2. The summed E-state index contributed by atoms with van der Waals surface area (Å²) in [5.74, 6) is -0.510. The van der Waals surface area contributed by atoms with Crippen LogP contribution in [0.25, 0.3) is 22.0 Å². The number of aromatic amines is 1. The standard InChI is InChI=1S/C27H21N3O7S/c1-34-16-7-4-6-13-10-19(37-25(13)16)23(31)21-22(20-8-5-9-38-20)30(26(33)24(21)32)27-28-14-11-17(35-2)18(36-3)12-15(14)29-27/h4-12,22,32H,1-3H3,(H,28,29). The zero-order valence-electron chi connectivity index (χ0n) is 20.5. The Morgan fingerprint density at radius 1 is 1.05 bits per heavy atom. The summed E-state index contributed by atoms with van der Waals surface area (Å²) in [4.78, 5) is 36.9. The van der Waals surface area contributed by atoms with Gasteiger partial charge in [-0.2, -0.15) is 0 Å². The molecule has 2 N–H and O–H groups in total. The second-order valence-corrected chi connectivity index (χ2v) is 9.44. The summed E-state index contributed by atoms with van der Waals surface area (Å²) in [6.07, 6.45) is 0. The van der Waals surface area contributed by atoms with Crippen LogP contribution in [-0.2, 0) is 4.79 Å². The number of aliphatic hydroxyl groups is 1. The molecule has 38 heavy (non-hydrogen) atoms. The number of hydrogen-bond acceptors (Lipinski definition) is 9. The van der Waals surface area contributed by atoms with Crippen molar-refractivity contribution in [3.63, 3.8) is 0 Å². The Hall–Kier alpha value is -4.77. The Balaban J connectivity index is 1.47. The van der Waals surface area contributed by atoms with E-state index in [-0.39, 0.29) is 17.3 Å². The molecule has 4 heterocycles. The van der Waals surface area contributed by atoms with Crippen LogP contribution in [0.3, 0.4) is 0 Å². The van der Waals surface area contributed by atoms with Crippen molar-refractivity contribution in [1.82, 2.24) is 9.97 Å². The number of methoxy groups -OCH3 is 3. The molecular weight excluding hydrogens is 510 g/mol. The van der Waals surface area contributed by atoms with Crippen molar-refractivity contribution in [1.29, 1.82) is 0 Å². The summed E-state index contributed by atoms with van der Waals surface area (Å²) in [5, 5.41) is 13.5. The van der Waals surface area contributed by atoms with Gasteiger partial charge in [-0.05, 0) is 23.6 Å². The van der Waals surface area contributed by atoms with Crippen LogP contribution in [0.2, 0.25) is 0 Å². The molecule has 0 bridgehead atoms. The third-order valence-corrected chi connectivity index (χ3v) is 7.34. The van der Waals surface area contributed by atoms with Crippen LogP contribution in [0.5, 0.6) is 17.2 Å². The van der Waals surface area contributed by atoms with Crippen LogP contribution in [0.15, 0.2) is 69.7 Å². The van der Waals surface area contributed by atoms with Gasteiger partial charge in [0, 0.05) is 22.4 Å². The first-order valence-corrected chi connectivity index (χ1v) is 12.4. The first kappa shape index (κ1) is 23.6. The van der Waals surface area contributed by atoms with Crippen LogP contribution in [0.4, 0.5) is 5.95 Å². The zero-order chi connectivity index (χ0) is 26.6. The molecule has 0 saturated heterocycles. The lowest BCUT2D eigenvalue weighted by Crippen LogP contribution is -2.31. The van der Waals surface area contributed by atoms with E-state index in [1.807, 2.05) is 5.38 Å². The highest BCUT2D eigenvalue weighted by Gasteiger charge is 2.47. The Kier molecular flexibility index (Phi) is 5.57. The fourth-order valence-corrected chi connectivity index (χ4v) is 5.47. The number of furan rings is 1. The molecule has 0 saturated carbocycles. The number of aromatic nitrogens is 2. The summed E-state index contributed by atoms with van der Waals surface area (Å²) in [6.45, 7) is 0. The number of para-hydroxylation sites is 1. The van der Waals surface area contributed by atoms with E-state index >= 15 is 0 Å². The van der Waals surface area contributed by atoms with E-state index in [1.54, 1.807) is 48.5 Å². The smallest absolute Gasteiger partial charge is 0.296 e. The van der Waals surface area contributed by atoms with Crippen LogP contribution in [-0.4, -0.2) is 48.1 Å². The molecule has 1 aliphatic heterocycles. The van der Waals surface area contributed by atoms with Crippen LogP contribution >= 0.6 is 11.3 Å². The van der Waals surface area contributed by atoms with Crippen molar-refractivity contribution >= 4 is 51.0 Å². The quantitative estimate of drug-likeness (QED) is 0.275. The highest BCUT2D eigenvalue weighted by atomic mass is 32.1. The summed E-state index contributed by atoms with van der Waals surface area (Å²) in [7, 11) is 4.54. The average Bonchev–Trinajstić information content (AvgIpc) is 3.72. The summed E-state index contributed by atoms with van der Waals surface area (Å²) in [5.41, 5.74) is 1.39. The van der Waals surface area contributed by atoms with E-state index in [0.29, 0.717) is 44.1 Å². The summed E-state index contributed by atoms with van der Waals surface area (Å²) >= 11 is 1.35. The van der Waals surface area contributed by atoms with Crippen LogP contribution in [0.1, 0.15) is 21.5 Å². The Bertz CT molecular complexity index is 1710. The first-order valence-electron chi connectivity index (χ1n) is 11.5. The maximum Gasteiger partial charge on any atom is 0.296 e. The van der Waals surface area contributed by atoms with Gasteiger partial charge in [-0.25, -0.2) is 4.98 Å². The third kappa shape index (κ3) is 3.51. The van der Waals surface area contributed by atoms with E-state index < -0.39 is 23.5 Å². The van der Waals surface area contributed by atoms with Gasteiger partial charge in [0.25, 0.3) is 5.91 Å². The van der Waals surface area contributed by atoms with E-state index in [9.17, 15) is 14.7 Å². The van der Waals surface area contributed by atoms with Crippen molar-refractivity contribution in [3.8, 4) is 17.2 Å². The van der Waals surface area contributed by atoms with Crippen molar-refractivity contribution < 1.29 is 33.3 Å². The molecule has 10 nitrogen and oxygen atoms in total. The van der Waals surface area contributed by atoms with Gasteiger partial charge in [0.2, 0.25) is 11.7 Å². The number of nitrogens with one attached hydrogen (secondary N) is 1. The number of anilines is 1. The molecule has 0 fully saturated rings. The third-order valence-electron chi connectivity index (χ3n) is 6.42. The van der Waals surface area contributed by atoms with Crippen LogP contribution in [0, 0.1) is 0 Å². The minimum absolute atomic E-state index is 0.0265. The number of Topliss-reactive ketones (excluding diaryl/α,β-unsaturated/α-hetero) is 1. The normalized spacial score (nSPS) is 15.6. The highest BCUT2D eigenvalue weighted by molar-refractivity contribution is 7.10. The van der Waals surface area contributed by atoms with Gasteiger partial charge < -0.3 is 28.7 Å². The number of ketones is 1. The van der Waals surface area contributed by atoms with E-state index in [0.717, 1.165) is 0 Å². The SMILES string of the molecule is COc1cc2nc(N3C(=O)C(O)=C(C(=O)c4cc5cccc(OC)c5o4)C3c3cccs3)[nH]c2cc1OC. The molecule has 1 amide bonds. The maximum absolute atomic E-state index is 13.8. The molecule has 2 aromatic carbocycles. The summed E-state index contributed by atoms with van der Waals surface area (Å²) < 4.78 is 21.9. The summed E-state index contributed by atoms with van der Waals surface area (Å²) in [6, 6.07) is 12.9. The number of carbonyl (C=O) groups is 2. The number of hydrogen-bond donors (Lipinski definition) is 2. The molecule has 6 rings (SSSR count). The van der Waals surface area contributed by atoms with Crippen molar-refractivity contribution in [2.45, 2.75) is 6.04 Å². The predicted octanol–water partition coefficient (Wildman–Crippen LogP) is 5.18. The lowest BCUT2D eigenvalue weighted by molar-refractivity contribution is -0.117. The molecule has 0 radical (unpaired) electrons. The number of thiophene rings is 1. The molecule has 0 spiro atoms. The number of imidazole rings is 1. The lowest BCUT2D eigenvalue weighted by atomic mass is 10.0. The lowest BCUT2D eigenvalue weighted by Gasteiger charge is -2.22. The molecule has 1 atom stereocenters. The fraction of sp³-hybridized carbons (Fsp3) is 0.148. The Labute approximate surface area is 219 Å². The Morgan fingerprint density at radius 2 is 1.82 bits per heavy atom. The predicted molar refractivity (Wildman–Crippen MR) is 140 cm³/mol. The second kappa shape index (κ2) is 8.96. The van der Waals surface area contributed by atoms with Crippen molar-refractivity contribution in [3.05, 3.63) is 75.9 Å². The molecule has 192 valence electrons. The largest absolute Gasteiger partial charge is 0.503 e. The number of fused-ring (bicyclic) bond motifs is 2. The van der Waals surface area contributed by atoms with Crippen molar-refractivity contribution in [2.24, 2.45) is 0 Å². The monoisotopic (exact) mass is 531 g/mol. The molecule has 3 aromatic heterocycles. The van der Waals surface area contributed by atoms with Gasteiger partial charge in [-0.15, -0.1) is 11.3 Å². The Morgan fingerprint density at radius 3 is 2.53 bits per heavy atom. The number of carbonyl (C=O) groups excluding carboxylic acids is 2. The van der Waals surface area contributed by atoms with Crippen molar-refractivity contribution in [2.75, 3.05) is 26.2 Å². The maximum atomic E-state index is 13.8. The molecular formula is C27H21N3O7S. The number of rotatable bonds is 7. The number of H-pyrrole nitrogens is 1. The minimum Gasteiger partial charge on any atom is -0.503 e. The topological polar surface area (TPSA) is 127 Å². The van der Waals surface area contributed by atoms with Gasteiger partial charge in [0.05, 0.1) is 37.9 Å². The van der Waals surface area contributed by atoms with E-state index in [2.05, 4.69) is 9.97 Å². The highest BCUT2D eigenvalue weighted by Crippen LogP contribution is 2.44. The van der Waals surface area contributed by atoms with Gasteiger partial charge in [0.1, 0.15) is 6.04 Å². The molecule has 5 aromatic rings. The second-order valence-electron chi connectivity index (χ2n) is 8.46. The van der Waals surface area contributed by atoms with Crippen LogP contribution < -0.4 is 19.1 Å². The molecule has 0 aliphatic carbocycles. The molecule has 11 heteroatoms. The van der Waals surface area contributed by atoms with Gasteiger partial charge in [-0.3, -0.25) is 14.5 Å². The van der Waals surface area contributed by atoms with E-state index in [4.69, 9.17) is 18.6 Å². The van der Waals surface area contributed by atoms with E-state index in [1.165, 1.54) is 37.6 Å². The average molecular weight is 532 g/mol. The zero-order valence-corrected chi connectivity index (χ0v) is 21.3. The van der Waals surface area contributed by atoms with Gasteiger partial charge >= 0.3 is 0 Å². The molecule has 1 aliphatic rings. The number of nitrogens with zero attached hydrogens (tertiary/aromatic N) is 2. The first-order chi connectivity index (χ1) is 18.4. The fourth-order valence-electron chi connectivity index (χ4n) is 4.65. The van der Waals surface area contributed by atoms with Gasteiger partial charge in [0.15, 0.2) is 34.4 Å². The molecule has 1 unspecified atom stereocenters. The number of aliphatic hydroxyl groups excluding tert-OH is 1. The number of ether oxygens (including phenoxy) is 3. The number of amides is 1. The minimum atomic E-state index is -0.936.